The molecule has 0 unspecified atom stereocenters. The maximum atomic E-state index is 12.2. The zero-order chi connectivity index (χ0) is 12.5. The largest absolute Gasteiger partial charge is 0.469 e. The number of hydrogen-bond acceptors (Lipinski definition) is 3. The lowest BCUT2D eigenvalue weighted by atomic mass is 9.51. The summed E-state index contributed by atoms with van der Waals surface area (Å²) in [5.74, 6) is -0.632. The number of carbonyl (C=O) groups is 2. The number of hydrogen-bond donors (Lipinski definition) is 1. The summed E-state index contributed by atoms with van der Waals surface area (Å²) in [5, 5.41) is 0. The van der Waals surface area contributed by atoms with Crippen molar-refractivity contribution in [2.24, 2.45) is 16.6 Å². The van der Waals surface area contributed by atoms with E-state index in [0.717, 1.165) is 12.8 Å². The van der Waals surface area contributed by atoms with Gasteiger partial charge in [-0.3, -0.25) is 9.59 Å². The molecular formula is C13H19NO3. The molecule has 0 aromatic carbocycles. The number of primary amides is 1. The van der Waals surface area contributed by atoms with Crippen LogP contribution in [-0.2, 0) is 14.3 Å². The van der Waals surface area contributed by atoms with Gasteiger partial charge in [0.1, 0.15) is 0 Å². The summed E-state index contributed by atoms with van der Waals surface area (Å²) in [5.41, 5.74) is 4.16. The Morgan fingerprint density at radius 1 is 1.12 bits per heavy atom. The minimum absolute atomic E-state index is 0.277. The van der Waals surface area contributed by atoms with E-state index in [1.165, 1.54) is 7.11 Å². The molecule has 1 saturated carbocycles. The standard InChI is InChI=1S/C13H19NO3/c1-17-11(16)13-8-4-2-6-12(13,10(14)15)7-3-5-9-13/h2,4H,3,5-9H2,1H3,(H2,14,15)/t12-,13+/m1/s1. The molecule has 1 fully saturated rings. The fourth-order valence-electron chi connectivity index (χ4n) is 3.53. The molecule has 2 aliphatic rings. The van der Waals surface area contributed by atoms with Gasteiger partial charge >= 0.3 is 5.97 Å². The number of esters is 1. The molecule has 0 spiro atoms. The smallest absolute Gasteiger partial charge is 0.313 e. The fourth-order valence-corrected chi connectivity index (χ4v) is 3.53. The fraction of sp³-hybridized carbons (Fsp3) is 0.692. The average Bonchev–Trinajstić information content (AvgIpc) is 2.37. The predicted octanol–water partition coefficient (Wildman–Crippen LogP) is 1.54. The number of nitrogens with two attached hydrogens (primary N) is 1. The lowest BCUT2D eigenvalue weighted by Gasteiger charge is -2.50. The molecule has 0 aromatic rings. The topological polar surface area (TPSA) is 69.4 Å². The SMILES string of the molecule is COC(=O)[C@@]12CC=CC[C@]1(C(N)=O)CCCC2. The Kier molecular flexibility index (Phi) is 2.98. The Balaban J connectivity index is 2.51. The van der Waals surface area contributed by atoms with E-state index >= 15 is 0 Å². The lowest BCUT2D eigenvalue weighted by Crippen LogP contribution is -2.57. The van der Waals surface area contributed by atoms with Gasteiger partial charge in [-0.25, -0.2) is 0 Å². The van der Waals surface area contributed by atoms with Gasteiger partial charge in [-0.15, -0.1) is 0 Å². The van der Waals surface area contributed by atoms with Gasteiger partial charge in [0.25, 0.3) is 0 Å². The van der Waals surface area contributed by atoms with Gasteiger partial charge in [0.05, 0.1) is 17.9 Å². The third kappa shape index (κ3) is 1.50. The van der Waals surface area contributed by atoms with Crippen LogP contribution in [0.1, 0.15) is 38.5 Å². The average molecular weight is 237 g/mol. The van der Waals surface area contributed by atoms with E-state index in [2.05, 4.69) is 0 Å². The summed E-state index contributed by atoms with van der Waals surface area (Å²) >= 11 is 0. The van der Waals surface area contributed by atoms with Crippen molar-refractivity contribution in [3.05, 3.63) is 12.2 Å². The molecule has 94 valence electrons. The van der Waals surface area contributed by atoms with Crippen LogP contribution < -0.4 is 5.73 Å². The van der Waals surface area contributed by atoms with Crippen LogP contribution in [0.4, 0.5) is 0 Å². The zero-order valence-electron chi connectivity index (χ0n) is 10.2. The Morgan fingerprint density at radius 3 is 2.18 bits per heavy atom. The lowest BCUT2D eigenvalue weighted by molar-refractivity contribution is -0.173. The van der Waals surface area contributed by atoms with Crippen LogP contribution in [0.5, 0.6) is 0 Å². The van der Waals surface area contributed by atoms with Crippen molar-refractivity contribution in [3.63, 3.8) is 0 Å². The Labute approximate surface area is 101 Å². The Bertz CT molecular complexity index is 377. The molecule has 0 aliphatic heterocycles. The van der Waals surface area contributed by atoms with E-state index in [9.17, 15) is 9.59 Å². The van der Waals surface area contributed by atoms with Gasteiger partial charge in [-0.2, -0.15) is 0 Å². The normalized spacial score (nSPS) is 36.1. The van der Waals surface area contributed by atoms with Crippen LogP contribution in [0.3, 0.4) is 0 Å². The molecule has 0 bridgehead atoms. The highest BCUT2D eigenvalue weighted by atomic mass is 16.5. The van der Waals surface area contributed by atoms with Crippen molar-refractivity contribution >= 4 is 11.9 Å². The van der Waals surface area contributed by atoms with Crippen molar-refractivity contribution in [1.82, 2.24) is 0 Å². The van der Waals surface area contributed by atoms with Crippen molar-refractivity contribution < 1.29 is 14.3 Å². The van der Waals surface area contributed by atoms with Crippen LogP contribution in [0, 0.1) is 10.8 Å². The second-order valence-electron chi connectivity index (χ2n) is 5.11. The maximum Gasteiger partial charge on any atom is 0.313 e. The molecule has 1 amide bonds. The van der Waals surface area contributed by atoms with E-state index in [1.807, 2.05) is 12.2 Å². The monoisotopic (exact) mass is 237 g/mol. The third-order valence-electron chi connectivity index (χ3n) is 4.52. The number of ether oxygens (including phenoxy) is 1. The highest BCUT2D eigenvalue weighted by Gasteiger charge is 2.61. The molecular weight excluding hydrogens is 218 g/mol. The molecule has 2 atom stereocenters. The molecule has 0 radical (unpaired) electrons. The first kappa shape index (κ1) is 12.1. The molecule has 2 N–H and O–H groups in total. The van der Waals surface area contributed by atoms with E-state index in [4.69, 9.17) is 10.5 Å². The second kappa shape index (κ2) is 4.17. The molecule has 4 nitrogen and oxygen atoms in total. The van der Waals surface area contributed by atoms with E-state index in [-0.39, 0.29) is 11.9 Å². The predicted molar refractivity (Wildman–Crippen MR) is 62.9 cm³/mol. The van der Waals surface area contributed by atoms with E-state index in [0.29, 0.717) is 25.7 Å². The summed E-state index contributed by atoms with van der Waals surface area (Å²) in [6.07, 6.45) is 8.39. The molecule has 0 heterocycles. The first-order valence-electron chi connectivity index (χ1n) is 6.12. The number of fused-ring (bicyclic) bond motifs is 1. The van der Waals surface area contributed by atoms with Crippen LogP contribution >= 0.6 is 0 Å². The third-order valence-corrected chi connectivity index (χ3v) is 4.52. The van der Waals surface area contributed by atoms with Crippen LogP contribution in [-0.4, -0.2) is 19.0 Å². The van der Waals surface area contributed by atoms with Gasteiger partial charge in [0, 0.05) is 0 Å². The van der Waals surface area contributed by atoms with Crippen LogP contribution in [0.15, 0.2) is 12.2 Å². The van der Waals surface area contributed by atoms with E-state index in [1.54, 1.807) is 0 Å². The minimum atomic E-state index is -0.729. The number of methoxy groups -OCH3 is 1. The summed E-state index contributed by atoms with van der Waals surface area (Å²) in [6.45, 7) is 0. The zero-order valence-corrected chi connectivity index (χ0v) is 10.2. The first-order valence-corrected chi connectivity index (χ1v) is 6.12. The highest BCUT2D eigenvalue weighted by Crippen LogP contribution is 2.57. The summed E-state index contributed by atoms with van der Waals surface area (Å²) in [7, 11) is 1.38. The molecule has 2 aliphatic carbocycles. The van der Waals surface area contributed by atoms with Gasteiger partial charge in [0.15, 0.2) is 0 Å². The molecule has 0 saturated heterocycles. The number of carbonyl (C=O) groups excluding carboxylic acids is 2. The van der Waals surface area contributed by atoms with Gasteiger partial charge in [0.2, 0.25) is 5.91 Å². The highest BCUT2D eigenvalue weighted by molar-refractivity contribution is 5.91. The molecule has 17 heavy (non-hydrogen) atoms. The molecule has 0 aromatic heterocycles. The van der Waals surface area contributed by atoms with Gasteiger partial charge in [-0.1, -0.05) is 25.0 Å². The summed E-state index contributed by atoms with van der Waals surface area (Å²) < 4.78 is 4.94. The van der Waals surface area contributed by atoms with Crippen molar-refractivity contribution in [2.75, 3.05) is 7.11 Å². The Morgan fingerprint density at radius 2 is 1.65 bits per heavy atom. The van der Waals surface area contributed by atoms with Crippen molar-refractivity contribution in [2.45, 2.75) is 38.5 Å². The molecule has 2 rings (SSSR count). The first-order chi connectivity index (χ1) is 8.09. The number of amides is 1. The molecule has 4 heteroatoms. The number of rotatable bonds is 2. The van der Waals surface area contributed by atoms with Gasteiger partial charge < -0.3 is 10.5 Å². The second-order valence-corrected chi connectivity index (χ2v) is 5.11. The Hall–Kier alpha value is -1.32. The van der Waals surface area contributed by atoms with E-state index < -0.39 is 10.8 Å². The van der Waals surface area contributed by atoms with Crippen molar-refractivity contribution in [3.8, 4) is 0 Å². The van der Waals surface area contributed by atoms with Crippen LogP contribution in [0.2, 0.25) is 0 Å². The van der Waals surface area contributed by atoms with Crippen LogP contribution in [0.25, 0.3) is 0 Å². The van der Waals surface area contributed by atoms with Crippen molar-refractivity contribution in [1.29, 1.82) is 0 Å². The summed E-state index contributed by atoms with van der Waals surface area (Å²) in [6, 6.07) is 0. The van der Waals surface area contributed by atoms with Gasteiger partial charge in [-0.05, 0) is 25.7 Å². The number of allylic oxidation sites excluding steroid dienone is 2. The quantitative estimate of drug-likeness (QED) is 0.585. The maximum absolute atomic E-state index is 12.2. The summed E-state index contributed by atoms with van der Waals surface area (Å²) in [4.78, 5) is 24.1. The minimum Gasteiger partial charge on any atom is -0.469 e.